The van der Waals surface area contributed by atoms with E-state index in [2.05, 4.69) is 51.7 Å². The lowest BCUT2D eigenvalue weighted by atomic mass is 10.1. The summed E-state index contributed by atoms with van der Waals surface area (Å²) in [6.07, 6.45) is 3.93. The van der Waals surface area contributed by atoms with E-state index in [-0.39, 0.29) is 0 Å². The highest BCUT2D eigenvalue weighted by Gasteiger charge is 2.12. The highest BCUT2D eigenvalue weighted by atomic mass is 32.1. The van der Waals surface area contributed by atoms with Crippen molar-refractivity contribution in [1.29, 1.82) is 0 Å². The third-order valence-corrected chi connectivity index (χ3v) is 5.92. The largest absolute Gasteiger partial charge is 0.379 e. The number of hydrogen-bond donors (Lipinski definition) is 2. The highest BCUT2D eigenvalue weighted by Crippen LogP contribution is 2.31. The molecular weight excluding hydrogens is 370 g/mol. The molecule has 1 aromatic carbocycles. The summed E-state index contributed by atoms with van der Waals surface area (Å²) >= 11 is 1.61. The first kappa shape index (κ1) is 19.1. The van der Waals surface area contributed by atoms with Crippen LogP contribution >= 0.6 is 11.3 Å². The Labute approximate surface area is 170 Å². The molecule has 1 fully saturated rings. The van der Waals surface area contributed by atoms with Crippen LogP contribution in [0.5, 0.6) is 0 Å². The molecule has 0 aliphatic carbocycles. The minimum atomic E-state index is 0.855. The van der Waals surface area contributed by atoms with E-state index in [0.717, 1.165) is 79.1 Å². The van der Waals surface area contributed by atoms with Gasteiger partial charge in [0.25, 0.3) is 0 Å². The number of aromatic nitrogens is 2. The molecule has 148 valence electrons. The van der Waals surface area contributed by atoms with Crippen molar-refractivity contribution in [2.24, 2.45) is 0 Å². The molecule has 2 aromatic heterocycles. The number of thiazole rings is 1. The van der Waals surface area contributed by atoms with Crippen molar-refractivity contribution >= 4 is 38.2 Å². The summed E-state index contributed by atoms with van der Waals surface area (Å²) in [6.45, 7) is 7.98. The molecule has 0 amide bonds. The van der Waals surface area contributed by atoms with Gasteiger partial charge in [-0.15, -0.1) is 0 Å². The van der Waals surface area contributed by atoms with Crippen LogP contribution in [0.1, 0.15) is 18.9 Å². The molecule has 0 saturated carbocycles. The van der Waals surface area contributed by atoms with Crippen molar-refractivity contribution in [3.63, 3.8) is 0 Å². The zero-order valence-corrected chi connectivity index (χ0v) is 17.1. The van der Waals surface area contributed by atoms with E-state index in [1.807, 2.05) is 12.3 Å². The molecule has 28 heavy (non-hydrogen) atoms. The average molecular weight is 398 g/mol. The summed E-state index contributed by atoms with van der Waals surface area (Å²) in [5, 5.41) is 7.95. The van der Waals surface area contributed by atoms with E-state index < -0.39 is 0 Å². The first-order chi connectivity index (χ1) is 13.8. The number of ether oxygens (including phenoxy) is 1. The number of anilines is 3. The third-order valence-electron chi connectivity index (χ3n) is 5.00. The number of hydrogen-bond acceptors (Lipinski definition) is 7. The molecule has 6 nitrogen and oxygen atoms in total. The lowest BCUT2D eigenvalue weighted by Gasteiger charge is -2.26. The maximum atomic E-state index is 5.40. The Morgan fingerprint density at radius 1 is 1.14 bits per heavy atom. The first-order valence-electron chi connectivity index (χ1n) is 9.98. The fourth-order valence-electron chi connectivity index (χ4n) is 3.43. The topological polar surface area (TPSA) is 62.3 Å². The molecule has 0 atom stereocenters. The fourth-order valence-corrected chi connectivity index (χ4v) is 4.29. The Hall–Kier alpha value is -2.22. The van der Waals surface area contributed by atoms with Gasteiger partial charge in [0.1, 0.15) is 10.3 Å². The Bertz CT molecular complexity index is 907. The zero-order valence-electron chi connectivity index (χ0n) is 16.3. The Balaban J connectivity index is 1.40. The van der Waals surface area contributed by atoms with E-state index in [0.29, 0.717) is 0 Å². The number of fused-ring (bicyclic) bond motifs is 1. The molecular formula is C21H27N5OS. The van der Waals surface area contributed by atoms with Gasteiger partial charge in [-0.05, 0) is 37.1 Å². The van der Waals surface area contributed by atoms with E-state index in [1.165, 1.54) is 5.56 Å². The lowest BCUT2D eigenvalue weighted by Crippen LogP contribution is -2.37. The maximum Gasteiger partial charge on any atom is 0.185 e. The van der Waals surface area contributed by atoms with Gasteiger partial charge < -0.3 is 15.4 Å². The smallest absolute Gasteiger partial charge is 0.185 e. The molecule has 1 aliphatic rings. The van der Waals surface area contributed by atoms with E-state index in [9.17, 15) is 0 Å². The Kier molecular flexibility index (Phi) is 6.36. The van der Waals surface area contributed by atoms with Gasteiger partial charge in [-0.1, -0.05) is 36.5 Å². The SMILES string of the molecule is CCc1ccccc1Nc1ccnc2sc(NCCCN3CCOCC3)nc12. The van der Waals surface area contributed by atoms with Crippen LogP contribution in [0.25, 0.3) is 10.3 Å². The van der Waals surface area contributed by atoms with Crippen molar-refractivity contribution in [1.82, 2.24) is 14.9 Å². The van der Waals surface area contributed by atoms with Gasteiger partial charge in [-0.3, -0.25) is 4.90 Å². The normalized spacial score (nSPS) is 15.0. The predicted molar refractivity (Wildman–Crippen MR) is 117 cm³/mol. The van der Waals surface area contributed by atoms with Gasteiger partial charge in [0.2, 0.25) is 0 Å². The van der Waals surface area contributed by atoms with E-state index >= 15 is 0 Å². The van der Waals surface area contributed by atoms with Crippen molar-refractivity contribution in [3.8, 4) is 0 Å². The lowest BCUT2D eigenvalue weighted by molar-refractivity contribution is 0.0378. The Morgan fingerprint density at radius 2 is 2.00 bits per heavy atom. The first-order valence-corrected chi connectivity index (χ1v) is 10.8. The number of pyridine rings is 1. The van der Waals surface area contributed by atoms with Crippen molar-refractivity contribution in [3.05, 3.63) is 42.1 Å². The van der Waals surface area contributed by atoms with E-state index in [1.54, 1.807) is 11.3 Å². The minimum Gasteiger partial charge on any atom is -0.379 e. The molecule has 0 unspecified atom stereocenters. The molecule has 3 aromatic rings. The molecule has 0 radical (unpaired) electrons. The maximum absolute atomic E-state index is 5.40. The van der Waals surface area contributed by atoms with E-state index in [4.69, 9.17) is 9.72 Å². The van der Waals surface area contributed by atoms with Crippen LogP contribution in [0.3, 0.4) is 0 Å². The van der Waals surface area contributed by atoms with Gasteiger partial charge in [0.05, 0.1) is 18.9 Å². The number of aryl methyl sites for hydroxylation is 1. The Morgan fingerprint density at radius 3 is 2.86 bits per heavy atom. The standard InChI is InChI=1S/C21H27N5OS/c1-2-16-6-3-4-7-17(16)24-18-8-10-22-20-19(18)25-21(28-20)23-9-5-11-26-12-14-27-15-13-26/h3-4,6-8,10H,2,5,9,11-15H2,1H3,(H,22,24)(H,23,25). The summed E-state index contributed by atoms with van der Waals surface area (Å²) < 4.78 is 5.40. The number of rotatable bonds is 8. The van der Waals surface area contributed by atoms with Gasteiger partial charge in [-0.2, -0.15) is 0 Å². The van der Waals surface area contributed by atoms with Crippen LogP contribution in [0, 0.1) is 0 Å². The summed E-state index contributed by atoms with van der Waals surface area (Å²) in [7, 11) is 0. The third kappa shape index (κ3) is 4.60. The number of para-hydroxylation sites is 1. The van der Waals surface area contributed by atoms with Crippen LogP contribution < -0.4 is 10.6 Å². The second kappa shape index (κ2) is 9.32. The molecule has 0 bridgehead atoms. The van der Waals surface area contributed by atoms with Crippen LogP contribution in [0.4, 0.5) is 16.5 Å². The minimum absolute atomic E-state index is 0.855. The quantitative estimate of drug-likeness (QED) is 0.557. The predicted octanol–water partition coefficient (Wildman–Crippen LogP) is 4.13. The molecule has 1 aliphatic heterocycles. The second-order valence-electron chi connectivity index (χ2n) is 6.90. The highest BCUT2D eigenvalue weighted by molar-refractivity contribution is 7.21. The van der Waals surface area contributed by atoms with Gasteiger partial charge in [0.15, 0.2) is 5.13 Å². The monoisotopic (exact) mass is 397 g/mol. The second-order valence-corrected chi connectivity index (χ2v) is 7.88. The number of benzene rings is 1. The van der Waals surface area contributed by atoms with Gasteiger partial charge in [-0.25, -0.2) is 9.97 Å². The number of nitrogens with zero attached hydrogens (tertiary/aromatic N) is 3. The summed E-state index contributed by atoms with van der Waals surface area (Å²) in [5.41, 5.74) is 4.35. The fraction of sp³-hybridized carbons (Fsp3) is 0.429. The average Bonchev–Trinajstić information content (AvgIpc) is 3.16. The zero-order chi connectivity index (χ0) is 19.2. The molecule has 1 saturated heterocycles. The van der Waals surface area contributed by atoms with Crippen LogP contribution in [-0.2, 0) is 11.2 Å². The van der Waals surface area contributed by atoms with Crippen molar-refractivity contribution < 1.29 is 4.74 Å². The summed E-state index contributed by atoms with van der Waals surface area (Å²) in [4.78, 5) is 12.7. The summed E-state index contributed by atoms with van der Waals surface area (Å²) in [5.74, 6) is 0. The van der Waals surface area contributed by atoms with Crippen LogP contribution in [0.2, 0.25) is 0 Å². The van der Waals surface area contributed by atoms with Crippen molar-refractivity contribution in [2.45, 2.75) is 19.8 Å². The van der Waals surface area contributed by atoms with Crippen molar-refractivity contribution in [2.75, 3.05) is 50.0 Å². The van der Waals surface area contributed by atoms with Gasteiger partial charge >= 0.3 is 0 Å². The summed E-state index contributed by atoms with van der Waals surface area (Å²) in [6, 6.07) is 10.4. The number of morpholine rings is 1. The van der Waals surface area contributed by atoms with Gasteiger partial charge in [0, 0.05) is 31.5 Å². The molecule has 3 heterocycles. The number of nitrogens with one attached hydrogen (secondary N) is 2. The van der Waals surface area contributed by atoms with Crippen LogP contribution in [-0.4, -0.2) is 54.3 Å². The molecule has 2 N–H and O–H groups in total. The molecule has 4 rings (SSSR count). The van der Waals surface area contributed by atoms with Crippen LogP contribution in [0.15, 0.2) is 36.5 Å². The molecule has 7 heteroatoms. The molecule has 0 spiro atoms.